The Bertz CT molecular complexity index is 728. The van der Waals surface area contributed by atoms with Gasteiger partial charge in [-0.15, -0.1) is 0 Å². The number of benzene rings is 1. The third-order valence-corrected chi connectivity index (χ3v) is 4.17. The zero-order valence-electron chi connectivity index (χ0n) is 12.4. The predicted molar refractivity (Wildman–Crippen MR) is 88.6 cm³/mol. The number of rotatable bonds is 6. The second kappa shape index (κ2) is 7.22. The molecule has 0 N–H and O–H groups in total. The summed E-state index contributed by atoms with van der Waals surface area (Å²) in [7, 11) is 0. The fraction of sp³-hybridized carbons (Fsp3) is 0.235. The van der Waals surface area contributed by atoms with Gasteiger partial charge in [0.25, 0.3) is 0 Å². The topological polar surface area (TPSA) is 51.8 Å². The molecule has 0 saturated heterocycles. The molecule has 2 heterocycles. The first-order valence-electron chi connectivity index (χ1n) is 7.17. The molecule has 3 rings (SSSR count). The van der Waals surface area contributed by atoms with Crippen LogP contribution in [0.1, 0.15) is 17.0 Å². The van der Waals surface area contributed by atoms with Crippen LogP contribution in [0.3, 0.4) is 0 Å². The summed E-state index contributed by atoms with van der Waals surface area (Å²) in [5, 5.41) is 4.06. The maximum Gasteiger partial charge on any atom is 0.236 e. The van der Waals surface area contributed by atoms with E-state index in [2.05, 4.69) is 40.2 Å². The molecule has 0 fully saturated rings. The van der Waals surface area contributed by atoms with Crippen LogP contribution >= 0.6 is 11.8 Å². The Hall–Kier alpha value is -2.14. The zero-order chi connectivity index (χ0) is 15.2. The molecule has 5 heteroatoms. The summed E-state index contributed by atoms with van der Waals surface area (Å²) in [5.41, 5.74) is 3.44. The average molecular weight is 311 g/mol. The third kappa shape index (κ3) is 3.95. The lowest BCUT2D eigenvalue weighted by Crippen LogP contribution is -1.90. The molecule has 0 aliphatic heterocycles. The van der Waals surface area contributed by atoms with Gasteiger partial charge in [0.05, 0.1) is 5.75 Å². The number of hydrogen-bond donors (Lipinski definition) is 0. The molecular formula is C17H17N3OS. The van der Waals surface area contributed by atoms with Crippen LogP contribution in [0.4, 0.5) is 0 Å². The van der Waals surface area contributed by atoms with Gasteiger partial charge in [-0.25, -0.2) is 0 Å². The molecule has 0 unspecified atom stereocenters. The van der Waals surface area contributed by atoms with Crippen LogP contribution in [0.2, 0.25) is 0 Å². The first-order valence-corrected chi connectivity index (χ1v) is 8.33. The fourth-order valence-corrected chi connectivity index (χ4v) is 2.93. The lowest BCUT2D eigenvalue weighted by molar-refractivity contribution is 0.391. The molecule has 0 atom stereocenters. The minimum absolute atomic E-state index is 0.659. The van der Waals surface area contributed by atoms with Crippen molar-refractivity contribution in [2.24, 2.45) is 0 Å². The summed E-state index contributed by atoms with van der Waals surface area (Å²) in [4.78, 5) is 8.57. The minimum Gasteiger partial charge on any atom is -0.338 e. The predicted octanol–water partition coefficient (Wildman–Crippen LogP) is 3.92. The maximum atomic E-state index is 5.32. The first-order chi connectivity index (χ1) is 10.8. The number of pyridine rings is 1. The van der Waals surface area contributed by atoms with Crippen molar-refractivity contribution in [1.29, 1.82) is 0 Å². The van der Waals surface area contributed by atoms with Crippen molar-refractivity contribution in [3.8, 4) is 11.4 Å². The van der Waals surface area contributed by atoms with Gasteiger partial charge in [0.2, 0.25) is 11.7 Å². The normalized spacial score (nSPS) is 10.8. The van der Waals surface area contributed by atoms with Crippen LogP contribution in [0.25, 0.3) is 11.4 Å². The molecule has 112 valence electrons. The molecule has 0 radical (unpaired) electrons. The van der Waals surface area contributed by atoms with Crippen LogP contribution < -0.4 is 0 Å². The molecule has 4 nitrogen and oxygen atoms in total. The van der Waals surface area contributed by atoms with Crippen molar-refractivity contribution in [3.63, 3.8) is 0 Å². The van der Waals surface area contributed by atoms with Gasteiger partial charge >= 0.3 is 0 Å². The molecular weight excluding hydrogens is 294 g/mol. The summed E-state index contributed by atoms with van der Waals surface area (Å²) in [6, 6.07) is 12.2. The Labute approximate surface area is 134 Å². The van der Waals surface area contributed by atoms with E-state index in [0.717, 1.165) is 23.5 Å². The molecule has 2 aromatic heterocycles. The number of nitrogens with zero attached hydrogens (tertiary/aromatic N) is 3. The van der Waals surface area contributed by atoms with Crippen LogP contribution in [0.15, 0.2) is 53.3 Å². The van der Waals surface area contributed by atoms with E-state index >= 15 is 0 Å². The van der Waals surface area contributed by atoms with Crippen molar-refractivity contribution in [1.82, 2.24) is 15.1 Å². The largest absolute Gasteiger partial charge is 0.338 e. The van der Waals surface area contributed by atoms with E-state index in [0.29, 0.717) is 11.7 Å². The van der Waals surface area contributed by atoms with Crippen molar-refractivity contribution in [2.75, 3.05) is 5.75 Å². The van der Waals surface area contributed by atoms with Crippen molar-refractivity contribution in [3.05, 3.63) is 65.8 Å². The van der Waals surface area contributed by atoms with Crippen molar-refractivity contribution >= 4 is 11.8 Å². The highest BCUT2D eigenvalue weighted by molar-refractivity contribution is 7.98. The molecule has 0 aliphatic rings. The van der Waals surface area contributed by atoms with E-state index in [4.69, 9.17) is 4.52 Å². The Morgan fingerprint density at radius 1 is 1.18 bits per heavy atom. The fourth-order valence-electron chi connectivity index (χ4n) is 2.11. The second-order valence-electron chi connectivity index (χ2n) is 5.05. The van der Waals surface area contributed by atoms with Crippen LogP contribution in [-0.2, 0) is 12.2 Å². The zero-order valence-corrected chi connectivity index (χ0v) is 13.2. The highest BCUT2D eigenvalue weighted by Gasteiger charge is 2.08. The van der Waals surface area contributed by atoms with E-state index in [1.54, 1.807) is 18.0 Å². The van der Waals surface area contributed by atoms with Gasteiger partial charge in [0.1, 0.15) is 0 Å². The second-order valence-corrected chi connectivity index (χ2v) is 6.15. The molecule has 0 bridgehead atoms. The smallest absolute Gasteiger partial charge is 0.236 e. The van der Waals surface area contributed by atoms with Crippen molar-refractivity contribution in [2.45, 2.75) is 19.1 Å². The first kappa shape index (κ1) is 14.8. The number of aryl methyl sites for hydroxylation is 2. The Kier molecular flexibility index (Phi) is 4.85. The van der Waals surface area contributed by atoms with Gasteiger partial charge in [-0.3, -0.25) is 4.98 Å². The van der Waals surface area contributed by atoms with Gasteiger partial charge in [0, 0.05) is 18.0 Å². The maximum absolute atomic E-state index is 5.32. The average Bonchev–Trinajstić information content (AvgIpc) is 3.02. The monoisotopic (exact) mass is 311 g/mol. The van der Waals surface area contributed by atoms with Crippen LogP contribution in [0.5, 0.6) is 0 Å². The van der Waals surface area contributed by atoms with Crippen LogP contribution in [0, 0.1) is 6.92 Å². The summed E-state index contributed by atoms with van der Waals surface area (Å²) < 4.78 is 5.32. The van der Waals surface area contributed by atoms with Gasteiger partial charge in [-0.2, -0.15) is 16.7 Å². The molecule has 0 amide bonds. The van der Waals surface area contributed by atoms with E-state index in [1.165, 1.54) is 11.1 Å². The number of aromatic nitrogens is 3. The highest BCUT2D eigenvalue weighted by atomic mass is 32.2. The quantitative estimate of drug-likeness (QED) is 0.646. The molecule has 0 spiro atoms. The molecule has 3 aromatic rings. The summed E-state index contributed by atoms with van der Waals surface area (Å²) in [5.74, 6) is 3.08. The van der Waals surface area contributed by atoms with Gasteiger partial charge < -0.3 is 4.52 Å². The molecule has 0 saturated carbocycles. The lowest BCUT2D eigenvalue weighted by atomic mass is 10.1. The minimum atomic E-state index is 0.659. The summed E-state index contributed by atoms with van der Waals surface area (Å²) in [6.45, 7) is 2.05. The number of hydrogen-bond acceptors (Lipinski definition) is 5. The van der Waals surface area contributed by atoms with Gasteiger partial charge in [-0.1, -0.05) is 35.0 Å². The van der Waals surface area contributed by atoms with Crippen molar-refractivity contribution < 1.29 is 4.52 Å². The molecule has 0 aliphatic carbocycles. The Morgan fingerprint density at radius 3 is 2.95 bits per heavy atom. The SMILES string of the molecule is Cc1cccc(-c2noc(CSCCc3cccnc3)n2)c1. The van der Waals surface area contributed by atoms with E-state index < -0.39 is 0 Å². The van der Waals surface area contributed by atoms with E-state index in [-0.39, 0.29) is 0 Å². The summed E-state index contributed by atoms with van der Waals surface area (Å²) in [6.07, 6.45) is 4.70. The lowest BCUT2D eigenvalue weighted by Gasteiger charge is -1.99. The Balaban J connectivity index is 1.52. The number of thioether (sulfide) groups is 1. The molecule has 1 aromatic carbocycles. The highest BCUT2D eigenvalue weighted by Crippen LogP contribution is 2.19. The Morgan fingerprint density at radius 2 is 2.14 bits per heavy atom. The summed E-state index contributed by atoms with van der Waals surface area (Å²) >= 11 is 1.79. The van der Waals surface area contributed by atoms with E-state index in [1.807, 2.05) is 24.4 Å². The van der Waals surface area contributed by atoms with Gasteiger partial charge in [0.15, 0.2) is 0 Å². The third-order valence-electron chi connectivity index (χ3n) is 3.23. The van der Waals surface area contributed by atoms with E-state index in [9.17, 15) is 0 Å². The van der Waals surface area contributed by atoms with Gasteiger partial charge in [-0.05, 0) is 36.8 Å². The van der Waals surface area contributed by atoms with Crippen LogP contribution in [-0.4, -0.2) is 20.9 Å². The molecule has 22 heavy (non-hydrogen) atoms. The standard InChI is InChI=1S/C17H17N3OS/c1-13-4-2-6-15(10-13)17-19-16(21-20-17)12-22-9-7-14-5-3-8-18-11-14/h2-6,8,10-11H,7,9,12H2,1H3.